The lowest BCUT2D eigenvalue weighted by molar-refractivity contribution is 0.151. The maximum absolute atomic E-state index is 5.48. The first-order valence-electron chi connectivity index (χ1n) is 12.7. The van der Waals surface area contributed by atoms with Crippen molar-refractivity contribution in [1.29, 1.82) is 0 Å². The number of ether oxygens (including phenoxy) is 1. The van der Waals surface area contributed by atoms with Gasteiger partial charge in [0.1, 0.15) is 5.75 Å². The summed E-state index contributed by atoms with van der Waals surface area (Å²) in [6.45, 7) is 5.03. The minimum Gasteiger partial charge on any atom is -0.494 e. The third-order valence-electron chi connectivity index (χ3n) is 7.42. The van der Waals surface area contributed by atoms with Crippen molar-refractivity contribution in [1.82, 2.24) is 0 Å². The molecule has 2 saturated carbocycles. The van der Waals surface area contributed by atoms with E-state index in [1.807, 2.05) is 31.2 Å². The van der Waals surface area contributed by atoms with Crippen molar-refractivity contribution in [2.24, 2.45) is 23.7 Å². The third-order valence-corrected chi connectivity index (χ3v) is 7.42. The highest BCUT2D eigenvalue weighted by atomic mass is 16.5. The van der Waals surface area contributed by atoms with Crippen molar-refractivity contribution >= 4 is 0 Å². The molecule has 0 amide bonds. The van der Waals surface area contributed by atoms with Crippen LogP contribution < -0.4 is 4.74 Å². The summed E-state index contributed by atoms with van der Waals surface area (Å²) in [5, 5.41) is 0. The Morgan fingerprint density at radius 3 is 2.17 bits per heavy atom. The molecule has 0 unspecified atom stereocenters. The quantitative estimate of drug-likeness (QED) is 0.312. The van der Waals surface area contributed by atoms with E-state index in [0.717, 1.165) is 35.0 Å². The molecule has 164 valence electrons. The van der Waals surface area contributed by atoms with Crippen molar-refractivity contribution in [3.63, 3.8) is 0 Å². The molecule has 0 aliphatic heterocycles. The van der Waals surface area contributed by atoms with Gasteiger partial charge in [0.15, 0.2) is 0 Å². The summed E-state index contributed by atoms with van der Waals surface area (Å²) in [7, 11) is 0. The molecule has 0 heterocycles. The number of hydrogen-bond donors (Lipinski definition) is 0. The molecule has 0 spiro atoms. The molecule has 0 aromatic heterocycles. The maximum atomic E-state index is 5.48. The van der Waals surface area contributed by atoms with Gasteiger partial charge in [-0.05, 0) is 99.5 Å². The second-order valence-electron chi connectivity index (χ2n) is 9.54. The summed E-state index contributed by atoms with van der Waals surface area (Å²) in [6, 6.07) is 8.07. The van der Waals surface area contributed by atoms with Gasteiger partial charge in [0.2, 0.25) is 0 Å². The molecule has 0 N–H and O–H groups in total. The molecule has 0 radical (unpaired) electrons. The molecule has 2 aliphatic rings. The van der Waals surface area contributed by atoms with Crippen molar-refractivity contribution in [3.05, 3.63) is 42.0 Å². The second kappa shape index (κ2) is 12.9. The summed E-state index contributed by atoms with van der Waals surface area (Å²) in [5.74, 6) is 11.2. The van der Waals surface area contributed by atoms with Crippen LogP contribution >= 0.6 is 0 Å². The van der Waals surface area contributed by atoms with Crippen LogP contribution in [-0.4, -0.2) is 6.61 Å². The predicted molar refractivity (Wildman–Crippen MR) is 129 cm³/mol. The maximum Gasteiger partial charge on any atom is 0.119 e. The second-order valence-corrected chi connectivity index (χ2v) is 9.54. The van der Waals surface area contributed by atoms with Gasteiger partial charge in [0.25, 0.3) is 0 Å². The van der Waals surface area contributed by atoms with Gasteiger partial charge in [-0.1, -0.05) is 63.4 Å². The Balaban J connectivity index is 1.35. The molecule has 2 fully saturated rings. The van der Waals surface area contributed by atoms with Crippen molar-refractivity contribution < 1.29 is 4.74 Å². The minimum atomic E-state index is 0.705. The first-order valence-corrected chi connectivity index (χ1v) is 12.7. The van der Waals surface area contributed by atoms with Crippen LogP contribution in [0.2, 0.25) is 0 Å². The SMILES string of the molecule is CCCCC[C@H]1CC[C@H](C2CCC(/C=C/C#Cc3ccc(OCC)cc3)CC2)CC1. The minimum absolute atomic E-state index is 0.705. The molecule has 0 atom stereocenters. The van der Waals surface area contributed by atoms with Gasteiger partial charge in [-0.3, -0.25) is 0 Å². The van der Waals surface area contributed by atoms with Crippen LogP contribution in [0.25, 0.3) is 0 Å². The fraction of sp³-hybridized carbons (Fsp3) is 0.655. The highest BCUT2D eigenvalue weighted by Crippen LogP contribution is 2.42. The van der Waals surface area contributed by atoms with E-state index in [2.05, 4.69) is 30.9 Å². The van der Waals surface area contributed by atoms with Crippen molar-refractivity contribution in [3.8, 4) is 17.6 Å². The summed E-state index contributed by atoms with van der Waals surface area (Å²) >= 11 is 0. The van der Waals surface area contributed by atoms with Crippen molar-refractivity contribution in [2.75, 3.05) is 6.61 Å². The zero-order valence-corrected chi connectivity index (χ0v) is 19.4. The molecular weight excluding hydrogens is 364 g/mol. The molecule has 0 saturated heterocycles. The Labute approximate surface area is 185 Å². The first kappa shape index (κ1) is 23.0. The van der Waals surface area contributed by atoms with Gasteiger partial charge >= 0.3 is 0 Å². The lowest BCUT2D eigenvalue weighted by atomic mass is 9.68. The molecule has 1 aromatic carbocycles. The zero-order valence-electron chi connectivity index (χ0n) is 19.4. The molecular formula is C29H42O. The number of unbranched alkanes of at least 4 members (excludes halogenated alkanes) is 2. The highest BCUT2D eigenvalue weighted by Gasteiger charge is 2.30. The van der Waals surface area contributed by atoms with E-state index >= 15 is 0 Å². The summed E-state index contributed by atoms with van der Waals surface area (Å²) in [5.41, 5.74) is 1.05. The molecule has 1 nitrogen and oxygen atoms in total. The van der Waals surface area contributed by atoms with E-state index in [4.69, 9.17) is 4.74 Å². The molecule has 2 aliphatic carbocycles. The first-order chi connectivity index (χ1) is 14.8. The lowest BCUT2D eigenvalue weighted by Gasteiger charge is -2.37. The Morgan fingerprint density at radius 1 is 0.867 bits per heavy atom. The van der Waals surface area contributed by atoms with Gasteiger partial charge < -0.3 is 4.74 Å². The summed E-state index contributed by atoms with van der Waals surface area (Å²) in [4.78, 5) is 0. The Kier molecular flexibility index (Phi) is 9.88. The predicted octanol–water partition coefficient (Wildman–Crippen LogP) is 8.19. The smallest absolute Gasteiger partial charge is 0.119 e. The van der Waals surface area contributed by atoms with E-state index in [1.165, 1.54) is 77.0 Å². The van der Waals surface area contributed by atoms with Crippen LogP contribution in [-0.2, 0) is 0 Å². The average molecular weight is 407 g/mol. The summed E-state index contributed by atoms with van der Waals surface area (Å²) in [6.07, 6.45) is 21.8. The fourth-order valence-corrected chi connectivity index (χ4v) is 5.55. The molecule has 30 heavy (non-hydrogen) atoms. The molecule has 3 rings (SSSR count). The lowest BCUT2D eigenvalue weighted by Crippen LogP contribution is -2.25. The number of benzene rings is 1. The average Bonchev–Trinajstić information content (AvgIpc) is 2.79. The highest BCUT2D eigenvalue weighted by molar-refractivity contribution is 5.40. The monoisotopic (exact) mass is 406 g/mol. The Bertz CT molecular complexity index is 673. The molecule has 1 heteroatoms. The van der Waals surface area contributed by atoms with Crippen LogP contribution in [0.5, 0.6) is 5.75 Å². The van der Waals surface area contributed by atoms with E-state index in [0.29, 0.717) is 6.61 Å². The standard InChI is InChI=1S/C29H42O/c1-3-5-6-9-24-12-18-27(19-13-24)28-20-14-25(15-21-28)10-7-8-11-26-16-22-29(23-17-26)30-4-2/h7,10,16-17,22-25,27-28H,3-6,9,12-15,18-21H2,1-2H3/b10-7+/t24-,25?,27-,28?. The van der Waals surface area contributed by atoms with Gasteiger partial charge in [-0.25, -0.2) is 0 Å². The van der Waals surface area contributed by atoms with Crippen LogP contribution in [0.4, 0.5) is 0 Å². The largest absolute Gasteiger partial charge is 0.494 e. The number of rotatable bonds is 8. The fourth-order valence-electron chi connectivity index (χ4n) is 5.55. The number of hydrogen-bond acceptors (Lipinski definition) is 1. The van der Waals surface area contributed by atoms with E-state index < -0.39 is 0 Å². The van der Waals surface area contributed by atoms with E-state index in [9.17, 15) is 0 Å². The van der Waals surface area contributed by atoms with Gasteiger partial charge in [-0.2, -0.15) is 0 Å². The molecule has 0 bridgehead atoms. The van der Waals surface area contributed by atoms with Crippen LogP contribution in [0, 0.1) is 35.5 Å². The van der Waals surface area contributed by atoms with E-state index in [1.54, 1.807) is 0 Å². The van der Waals surface area contributed by atoms with Crippen LogP contribution in [0.15, 0.2) is 36.4 Å². The van der Waals surface area contributed by atoms with Gasteiger partial charge in [0.05, 0.1) is 6.61 Å². The third kappa shape index (κ3) is 7.54. The van der Waals surface area contributed by atoms with Gasteiger partial charge in [-0.15, -0.1) is 0 Å². The Morgan fingerprint density at radius 2 is 1.53 bits per heavy atom. The van der Waals surface area contributed by atoms with Gasteiger partial charge in [0, 0.05) is 5.56 Å². The van der Waals surface area contributed by atoms with E-state index in [-0.39, 0.29) is 0 Å². The Hall–Kier alpha value is -1.68. The van der Waals surface area contributed by atoms with Crippen molar-refractivity contribution in [2.45, 2.75) is 90.9 Å². The molecule has 1 aromatic rings. The number of allylic oxidation sites excluding steroid dienone is 2. The normalized spacial score (nSPS) is 26.9. The topological polar surface area (TPSA) is 9.23 Å². The zero-order chi connectivity index (χ0) is 21.0. The van der Waals surface area contributed by atoms with Crippen LogP contribution in [0.1, 0.15) is 96.5 Å². The van der Waals surface area contributed by atoms with Crippen LogP contribution in [0.3, 0.4) is 0 Å². The summed E-state index contributed by atoms with van der Waals surface area (Å²) < 4.78 is 5.48.